The standard InChI is InChI=1S/C27H21N3O5S2/c1-16-23(25(33)29-18-8-3-2-4-9-18)24(20-11-6-12-36-20)30-26(34)21(37-27(30)28-16)14-17-7-5-10-19(13-17)35-15-22(31)32/h2-14,24H,15H2,1H3,(H,29,33)(H,31,32)/b21-14-/t24-/m0/s1. The van der Waals surface area contributed by atoms with Crippen LogP contribution in [0.1, 0.15) is 23.4 Å². The molecule has 4 aromatic rings. The number of benzene rings is 2. The molecule has 0 unspecified atom stereocenters. The number of nitrogens with one attached hydrogen (secondary N) is 1. The van der Waals surface area contributed by atoms with Crippen LogP contribution in [0.25, 0.3) is 6.08 Å². The van der Waals surface area contributed by atoms with Crippen LogP contribution < -0.4 is 24.9 Å². The van der Waals surface area contributed by atoms with E-state index in [9.17, 15) is 14.4 Å². The Labute approximate surface area is 219 Å². The molecule has 0 saturated heterocycles. The molecule has 1 atom stereocenters. The van der Waals surface area contributed by atoms with Crippen LogP contribution in [0.2, 0.25) is 0 Å². The zero-order valence-electron chi connectivity index (χ0n) is 19.6. The van der Waals surface area contributed by atoms with Gasteiger partial charge in [0.1, 0.15) is 11.8 Å². The second-order valence-electron chi connectivity index (χ2n) is 8.17. The lowest BCUT2D eigenvalue weighted by molar-refractivity contribution is -0.139. The quantitative estimate of drug-likeness (QED) is 0.380. The van der Waals surface area contributed by atoms with Crippen molar-refractivity contribution in [3.8, 4) is 5.75 Å². The van der Waals surface area contributed by atoms with Crippen molar-refractivity contribution in [1.82, 2.24) is 4.57 Å². The Kier molecular flexibility index (Phi) is 6.85. The summed E-state index contributed by atoms with van der Waals surface area (Å²) in [5.74, 6) is -1.01. The summed E-state index contributed by atoms with van der Waals surface area (Å²) in [6.45, 7) is 1.32. The van der Waals surface area contributed by atoms with E-state index in [1.54, 1.807) is 54.0 Å². The summed E-state index contributed by atoms with van der Waals surface area (Å²) >= 11 is 2.70. The number of allylic oxidation sites excluding steroid dienone is 1. The summed E-state index contributed by atoms with van der Waals surface area (Å²) in [6.07, 6.45) is 1.71. The van der Waals surface area contributed by atoms with E-state index < -0.39 is 18.6 Å². The van der Waals surface area contributed by atoms with E-state index in [4.69, 9.17) is 9.84 Å². The first-order valence-electron chi connectivity index (χ1n) is 11.3. The molecule has 0 fully saturated rings. The molecule has 37 heavy (non-hydrogen) atoms. The van der Waals surface area contributed by atoms with Crippen LogP contribution in [0.3, 0.4) is 0 Å². The predicted molar refractivity (Wildman–Crippen MR) is 143 cm³/mol. The Balaban J connectivity index is 1.58. The van der Waals surface area contributed by atoms with Gasteiger partial charge in [0, 0.05) is 10.6 Å². The highest BCUT2D eigenvalue weighted by Crippen LogP contribution is 2.33. The van der Waals surface area contributed by atoms with Crippen molar-refractivity contribution >= 4 is 46.3 Å². The van der Waals surface area contributed by atoms with Crippen LogP contribution >= 0.6 is 22.7 Å². The van der Waals surface area contributed by atoms with Gasteiger partial charge in [-0.25, -0.2) is 9.79 Å². The summed E-state index contributed by atoms with van der Waals surface area (Å²) in [7, 11) is 0. The summed E-state index contributed by atoms with van der Waals surface area (Å²) in [5.41, 5.74) is 2.02. The van der Waals surface area contributed by atoms with Gasteiger partial charge in [0.2, 0.25) is 0 Å². The highest BCUT2D eigenvalue weighted by molar-refractivity contribution is 7.10. The Morgan fingerprint density at radius 2 is 1.95 bits per heavy atom. The normalized spacial score (nSPS) is 15.2. The van der Waals surface area contributed by atoms with Gasteiger partial charge in [0.05, 0.1) is 15.8 Å². The van der Waals surface area contributed by atoms with Gasteiger partial charge in [-0.05, 0) is 54.3 Å². The van der Waals surface area contributed by atoms with Crippen molar-refractivity contribution in [2.75, 3.05) is 11.9 Å². The molecule has 2 N–H and O–H groups in total. The number of amides is 1. The lowest BCUT2D eigenvalue weighted by Gasteiger charge is -2.24. The number of carbonyl (C=O) groups is 2. The van der Waals surface area contributed by atoms with Gasteiger partial charge in [-0.1, -0.05) is 47.7 Å². The number of para-hydroxylation sites is 1. The molecule has 1 amide bonds. The molecule has 2 aromatic carbocycles. The molecule has 0 saturated carbocycles. The first kappa shape index (κ1) is 24.4. The van der Waals surface area contributed by atoms with Gasteiger partial charge in [-0.15, -0.1) is 11.3 Å². The van der Waals surface area contributed by atoms with E-state index in [1.165, 1.54) is 22.7 Å². The van der Waals surface area contributed by atoms with E-state index in [1.807, 2.05) is 35.7 Å². The Morgan fingerprint density at radius 1 is 1.14 bits per heavy atom. The topological polar surface area (TPSA) is 110 Å². The highest BCUT2D eigenvalue weighted by Gasteiger charge is 2.33. The molecule has 1 aliphatic rings. The number of carboxylic acid groups (broad SMARTS) is 1. The van der Waals surface area contributed by atoms with Gasteiger partial charge < -0.3 is 15.2 Å². The maximum Gasteiger partial charge on any atom is 0.341 e. The number of rotatable bonds is 7. The van der Waals surface area contributed by atoms with Crippen LogP contribution in [0, 0.1) is 0 Å². The minimum absolute atomic E-state index is 0.267. The lowest BCUT2D eigenvalue weighted by Crippen LogP contribution is -2.40. The molecule has 2 aromatic heterocycles. The number of aliphatic carboxylic acids is 1. The van der Waals surface area contributed by atoms with Crippen LogP contribution in [0.5, 0.6) is 5.75 Å². The number of hydrogen-bond donors (Lipinski definition) is 2. The average molecular weight is 532 g/mol. The minimum atomic E-state index is -1.07. The van der Waals surface area contributed by atoms with E-state index in [0.29, 0.717) is 37.6 Å². The third kappa shape index (κ3) is 5.16. The summed E-state index contributed by atoms with van der Waals surface area (Å²) in [4.78, 5) is 43.9. The molecule has 8 nitrogen and oxygen atoms in total. The number of carboxylic acids is 1. The van der Waals surface area contributed by atoms with Crippen LogP contribution in [0.15, 0.2) is 93.2 Å². The van der Waals surface area contributed by atoms with Crippen molar-refractivity contribution in [3.05, 3.63) is 114 Å². The van der Waals surface area contributed by atoms with Gasteiger partial charge in [-0.3, -0.25) is 14.2 Å². The predicted octanol–water partition coefficient (Wildman–Crippen LogP) is 3.40. The smallest absolute Gasteiger partial charge is 0.341 e. The Morgan fingerprint density at radius 3 is 2.68 bits per heavy atom. The van der Waals surface area contributed by atoms with Gasteiger partial charge in [0.15, 0.2) is 11.4 Å². The van der Waals surface area contributed by atoms with Crippen LogP contribution in [-0.4, -0.2) is 28.2 Å². The SMILES string of the molecule is CC1=C(C(=O)Nc2ccccc2)[C@H](c2cccs2)n2c(s/c(=C\c3cccc(OCC(=O)O)c3)c2=O)=N1. The fourth-order valence-electron chi connectivity index (χ4n) is 4.04. The Hall–Kier alpha value is -4.28. The first-order valence-corrected chi connectivity index (χ1v) is 13.0. The van der Waals surface area contributed by atoms with Crippen molar-refractivity contribution in [3.63, 3.8) is 0 Å². The fraction of sp³-hybridized carbons (Fsp3) is 0.111. The molecule has 0 bridgehead atoms. The van der Waals surface area contributed by atoms with Gasteiger partial charge in [0.25, 0.3) is 11.5 Å². The number of fused-ring (bicyclic) bond motifs is 1. The highest BCUT2D eigenvalue weighted by atomic mass is 32.1. The van der Waals surface area contributed by atoms with Crippen LogP contribution in [0.4, 0.5) is 5.69 Å². The van der Waals surface area contributed by atoms with Crippen molar-refractivity contribution < 1.29 is 19.4 Å². The molecule has 1 aliphatic heterocycles. The number of ether oxygens (including phenoxy) is 1. The number of carbonyl (C=O) groups excluding carboxylic acids is 1. The molecule has 186 valence electrons. The molecule has 0 aliphatic carbocycles. The minimum Gasteiger partial charge on any atom is -0.482 e. The number of thiazole rings is 1. The number of hydrogen-bond acceptors (Lipinski definition) is 7. The molecular weight excluding hydrogens is 510 g/mol. The largest absolute Gasteiger partial charge is 0.482 e. The molecule has 10 heteroatoms. The third-order valence-corrected chi connectivity index (χ3v) is 7.54. The van der Waals surface area contributed by atoms with E-state index in [-0.39, 0.29) is 11.5 Å². The zero-order valence-corrected chi connectivity index (χ0v) is 21.2. The van der Waals surface area contributed by atoms with Crippen molar-refractivity contribution in [2.45, 2.75) is 13.0 Å². The molecular formula is C27H21N3O5S2. The maximum atomic E-state index is 13.7. The second-order valence-corrected chi connectivity index (χ2v) is 10.2. The molecule has 0 radical (unpaired) electrons. The van der Waals surface area contributed by atoms with Gasteiger partial charge >= 0.3 is 5.97 Å². The number of thiophene rings is 1. The summed E-state index contributed by atoms with van der Waals surface area (Å²) in [5, 5.41) is 13.7. The van der Waals surface area contributed by atoms with E-state index in [2.05, 4.69) is 10.3 Å². The Bertz CT molecular complexity index is 1690. The molecule has 3 heterocycles. The molecule has 0 spiro atoms. The van der Waals surface area contributed by atoms with Crippen molar-refractivity contribution in [1.29, 1.82) is 0 Å². The monoisotopic (exact) mass is 531 g/mol. The number of aromatic nitrogens is 1. The first-order chi connectivity index (χ1) is 17.9. The maximum absolute atomic E-state index is 13.7. The number of anilines is 1. The van der Waals surface area contributed by atoms with Crippen LogP contribution in [-0.2, 0) is 9.59 Å². The molecule has 5 rings (SSSR count). The second kappa shape index (κ2) is 10.4. The average Bonchev–Trinajstić information content (AvgIpc) is 3.51. The third-order valence-electron chi connectivity index (χ3n) is 5.63. The summed E-state index contributed by atoms with van der Waals surface area (Å²) < 4.78 is 7.27. The zero-order chi connectivity index (χ0) is 25.9. The lowest BCUT2D eigenvalue weighted by atomic mass is 10.0. The van der Waals surface area contributed by atoms with Gasteiger partial charge in [-0.2, -0.15) is 0 Å². The number of nitrogens with zero attached hydrogens (tertiary/aromatic N) is 2. The summed E-state index contributed by atoms with van der Waals surface area (Å²) in [6, 6.07) is 19.2. The van der Waals surface area contributed by atoms with Crippen molar-refractivity contribution in [2.24, 2.45) is 4.99 Å². The fourth-order valence-corrected chi connectivity index (χ4v) is 5.91. The van der Waals surface area contributed by atoms with E-state index in [0.717, 1.165) is 4.88 Å². The van der Waals surface area contributed by atoms with E-state index >= 15 is 0 Å².